The van der Waals surface area contributed by atoms with Crippen molar-refractivity contribution in [1.29, 1.82) is 0 Å². The molecular formula is C13H18BrNO3. The largest absolute Gasteiger partial charge is 0.491 e. The third kappa shape index (κ3) is 5.06. The van der Waals surface area contributed by atoms with Crippen LogP contribution in [-0.2, 0) is 9.53 Å². The van der Waals surface area contributed by atoms with E-state index >= 15 is 0 Å². The Balaban J connectivity index is 2.53. The highest BCUT2D eigenvalue weighted by atomic mass is 79.9. The Morgan fingerprint density at radius 1 is 1.28 bits per heavy atom. The van der Waals surface area contributed by atoms with Gasteiger partial charge in [-0.05, 0) is 38.1 Å². The second-order valence-corrected chi connectivity index (χ2v) is 6.27. The number of nitrogens with one attached hydrogen (secondary N) is 1. The minimum absolute atomic E-state index is 0.0875. The molecule has 5 heteroatoms. The molecule has 0 saturated carbocycles. The lowest BCUT2D eigenvalue weighted by Crippen LogP contribution is -2.30. The van der Waals surface area contributed by atoms with Crippen LogP contribution in [-0.4, -0.2) is 30.6 Å². The molecule has 4 nitrogen and oxygen atoms in total. The number of ether oxygens (including phenoxy) is 2. The van der Waals surface area contributed by atoms with E-state index in [0.717, 1.165) is 11.4 Å². The van der Waals surface area contributed by atoms with Gasteiger partial charge in [-0.25, -0.2) is 0 Å². The highest BCUT2D eigenvalue weighted by molar-refractivity contribution is 9.10. The number of alkyl halides is 1. The summed E-state index contributed by atoms with van der Waals surface area (Å²) in [4.78, 5) is 11.7. The number of halogens is 1. The first kappa shape index (κ1) is 15.0. The number of amides is 1. The van der Waals surface area contributed by atoms with Crippen molar-refractivity contribution in [2.45, 2.75) is 18.2 Å². The average molecular weight is 316 g/mol. The van der Waals surface area contributed by atoms with Crippen molar-refractivity contribution in [2.24, 2.45) is 0 Å². The summed E-state index contributed by atoms with van der Waals surface area (Å²) in [5, 5.41) is 2.81. The Kier molecular flexibility index (Phi) is 5.62. The van der Waals surface area contributed by atoms with Crippen molar-refractivity contribution >= 4 is 27.5 Å². The van der Waals surface area contributed by atoms with Gasteiger partial charge < -0.3 is 14.8 Å². The van der Waals surface area contributed by atoms with Crippen molar-refractivity contribution in [2.75, 3.05) is 25.6 Å². The highest BCUT2D eigenvalue weighted by Crippen LogP contribution is 2.20. The first-order valence-corrected chi connectivity index (χ1v) is 6.45. The van der Waals surface area contributed by atoms with Crippen LogP contribution in [0.1, 0.15) is 13.8 Å². The quantitative estimate of drug-likeness (QED) is 0.648. The molecule has 0 fully saturated rings. The van der Waals surface area contributed by atoms with Gasteiger partial charge in [-0.2, -0.15) is 0 Å². The van der Waals surface area contributed by atoms with Crippen LogP contribution in [0.25, 0.3) is 0 Å². The van der Waals surface area contributed by atoms with Gasteiger partial charge in [0.05, 0.1) is 10.9 Å². The molecule has 0 atom stereocenters. The zero-order chi connectivity index (χ0) is 13.6. The van der Waals surface area contributed by atoms with Gasteiger partial charge in [-0.1, -0.05) is 15.9 Å². The van der Waals surface area contributed by atoms with Crippen LogP contribution in [0, 0.1) is 0 Å². The maximum absolute atomic E-state index is 11.7. The number of carbonyl (C=O) groups is 1. The van der Waals surface area contributed by atoms with Gasteiger partial charge in [0.25, 0.3) is 0 Å². The number of hydrogen-bond acceptors (Lipinski definition) is 3. The summed E-state index contributed by atoms with van der Waals surface area (Å²) in [5.74, 6) is 0.665. The van der Waals surface area contributed by atoms with Crippen LogP contribution >= 0.6 is 15.9 Å². The van der Waals surface area contributed by atoms with Crippen LogP contribution in [0.2, 0.25) is 0 Å². The fourth-order valence-electron chi connectivity index (χ4n) is 1.16. The lowest BCUT2D eigenvalue weighted by molar-refractivity contribution is -0.117. The zero-order valence-electron chi connectivity index (χ0n) is 10.8. The number of anilines is 1. The van der Waals surface area contributed by atoms with Gasteiger partial charge >= 0.3 is 0 Å². The van der Waals surface area contributed by atoms with Crippen molar-refractivity contribution in [1.82, 2.24) is 0 Å². The standard InChI is InChI=1S/C13H18BrNO3/c1-13(2,14)12(16)15-10-4-6-11(7-5-10)18-9-8-17-3/h4-7H,8-9H2,1-3H3,(H,15,16). The highest BCUT2D eigenvalue weighted by Gasteiger charge is 2.23. The maximum atomic E-state index is 11.7. The Morgan fingerprint density at radius 3 is 2.39 bits per heavy atom. The molecule has 0 aliphatic carbocycles. The van der Waals surface area contributed by atoms with E-state index in [9.17, 15) is 4.79 Å². The molecule has 1 rings (SSSR count). The number of hydrogen-bond donors (Lipinski definition) is 1. The van der Waals surface area contributed by atoms with Crippen LogP contribution in [0.4, 0.5) is 5.69 Å². The molecule has 0 bridgehead atoms. The van der Waals surface area contributed by atoms with Gasteiger partial charge in [-0.3, -0.25) is 4.79 Å². The molecule has 1 aromatic carbocycles. The molecule has 0 heterocycles. The Hall–Kier alpha value is -1.07. The minimum Gasteiger partial charge on any atom is -0.491 e. The van der Waals surface area contributed by atoms with E-state index in [1.807, 2.05) is 12.1 Å². The lowest BCUT2D eigenvalue weighted by atomic mass is 10.2. The molecule has 1 amide bonds. The summed E-state index contributed by atoms with van der Waals surface area (Å²) in [7, 11) is 1.63. The van der Waals surface area contributed by atoms with Crippen LogP contribution in [0.5, 0.6) is 5.75 Å². The van der Waals surface area contributed by atoms with Gasteiger partial charge in [0.1, 0.15) is 12.4 Å². The lowest BCUT2D eigenvalue weighted by Gasteiger charge is -2.16. The first-order valence-electron chi connectivity index (χ1n) is 5.65. The zero-order valence-corrected chi connectivity index (χ0v) is 12.4. The fourth-order valence-corrected chi connectivity index (χ4v) is 1.26. The Morgan fingerprint density at radius 2 is 1.89 bits per heavy atom. The van der Waals surface area contributed by atoms with Crippen LogP contribution in [0.3, 0.4) is 0 Å². The number of carbonyl (C=O) groups excluding carboxylic acids is 1. The third-order valence-electron chi connectivity index (χ3n) is 2.21. The Bertz CT molecular complexity index is 384. The maximum Gasteiger partial charge on any atom is 0.240 e. The van der Waals surface area contributed by atoms with E-state index < -0.39 is 4.32 Å². The van der Waals surface area contributed by atoms with Crippen molar-refractivity contribution < 1.29 is 14.3 Å². The predicted molar refractivity (Wildman–Crippen MR) is 75.4 cm³/mol. The molecule has 18 heavy (non-hydrogen) atoms. The topological polar surface area (TPSA) is 47.6 Å². The summed E-state index contributed by atoms with van der Waals surface area (Å²) in [6.07, 6.45) is 0. The van der Waals surface area contributed by atoms with Gasteiger partial charge in [0.2, 0.25) is 5.91 Å². The Labute approximate surface area is 116 Å². The fraction of sp³-hybridized carbons (Fsp3) is 0.462. The molecule has 0 aliphatic heterocycles. The van der Waals surface area contributed by atoms with E-state index in [-0.39, 0.29) is 5.91 Å². The van der Waals surface area contributed by atoms with Crippen molar-refractivity contribution in [3.63, 3.8) is 0 Å². The molecule has 0 spiro atoms. The van der Waals surface area contributed by atoms with Crippen molar-refractivity contribution in [3.8, 4) is 5.75 Å². The van der Waals surface area contributed by atoms with E-state index in [4.69, 9.17) is 9.47 Å². The molecule has 100 valence electrons. The number of rotatable bonds is 6. The second-order valence-electron chi connectivity index (χ2n) is 4.29. The molecule has 0 aromatic heterocycles. The summed E-state index contributed by atoms with van der Waals surface area (Å²) in [6.45, 7) is 4.65. The first-order chi connectivity index (χ1) is 8.43. The summed E-state index contributed by atoms with van der Waals surface area (Å²) >= 11 is 3.31. The van der Waals surface area contributed by atoms with E-state index in [1.165, 1.54) is 0 Å². The van der Waals surface area contributed by atoms with E-state index in [2.05, 4.69) is 21.2 Å². The van der Waals surface area contributed by atoms with E-state index in [1.54, 1.807) is 33.1 Å². The molecular weight excluding hydrogens is 298 g/mol. The predicted octanol–water partition coefficient (Wildman–Crippen LogP) is 2.82. The molecule has 0 radical (unpaired) electrons. The van der Waals surface area contributed by atoms with Gasteiger partial charge in [-0.15, -0.1) is 0 Å². The number of benzene rings is 1. The molecule has 0 saturated heterocycles. The molecule has 1 aromatic rings. The minimum atomic E-state index is -0.583. The number of methoxy groups -OCH3 is 1. The van der Waals surface area contributed by atoms with Crippen LogP contribution in [0.15, 0.2) is 24.3 Å². The smallest absolute Gasteiger partial charge is 0.240 e. The monoisotopic (exact) mass is 315 g/mol. The average Bonchev–Trinajstić information content (AvgIpc) is 2.30. The summed E-state index contributed by atoms with van der Waals surface area (Å²) in [6, 6.07) is 7.23. The summed E-state index contributed by atoms with van der Waals surface area (Å²) in [5.41, 5.74) is 0.742. The van der Waals surface area contributed by atoms with Crippen molar-refractivity contribution in [3.05, 3.63) is 24.3 Å². The van der Waals surface area contributed by atoms with E-state index in [0.29, 0.717) is 13.2 Å². The third-order valence-corrected chi connectivity index (χ3v) is 2.57. The van der Waals surface area contributed by atoms with Gasteiger partial charge in [0, 0.05) is 12.8 Å². The second kappa shape index (κ2) is 6.75. The molecule has 0 unspecified atom stereocenters. The summed E-state index contributed by atoms with van der Waals surface area (Å²) < 4.78 is 9.73. The van der Waals surface area contributed by atoms with Gasteiger partial charge in [0.15, 0.2) is 0 Å². The molecule has 1 N–H and O–H groups in total. The normalized spacial score (nSPS) is 11.1. The molecule has 0 aliphatic rings. The van der Waals surface area contributed by atoms with Crippen LogP contribution < -0.4 is 10.1 Å². The SMILES string of the molecule is COCCOc1ccc(NC(=O)C(C)(C)Br)cc1.